The van der Waals surface area contributed by atoms with Crippen LogP contribution in [0.15, 0.2) is 47.4 Å². The van der Waals surface area contributed by atoms with Gasteiger partial charge in [0.05, 0.1) is 4.90 Å². The van der Waals surface area contributed by atoms with Crippen LogP contribution in [0, 0.1) is 17.3 Å². The molecule has 0 aliphatic heterocycles. The van der Waals surface area contributed by atoms with E-state index < -0.39 is 27.9 Å². The SMILES string of the molecule is CC(NC(=O)c1ccc(S(N)(=O)=O)cc1)C(=O)OC1CCC2C3CCc4cc(O)ccc4C3CCC12C. The average molecular weight is 527 g/mol. The normalized spacial score (nSPS) is 29.4. The lowest BCUT2D eigenvalue weighted by atomic mass is 9.55. The lowest BCUT2D eigenvalue weighted by molar-refractivity contribution is -0.159. The Morgan fingerprint density at radius 3 is 2.54 bits per heavy atom. The maximum atomic E-state index is 13.0. The number of hydrogen-bond donors (Lipinski definition) is 3. The van der Waals surface area contributed by atoms with Crippen LogP contribution in [0.1, 0.15) is 73.4 Å². The number of phenols is 1. The van der Waals surface area contributed by atoms with E-state index in [9.17, 15) is 23.1 Å². The highest BCUT2D eigenvalue weighted by Gasteiger charge is 2.56. The number of ether oxygens (including phenoxy) is 1. The first-order valence-corrected chi connectivity index (χ1v) is 14.5. The Labute approximate surface area is 217 Å². The van der Waals surface area contributed by atoms with Gasteiger partial charge in [-0.25, -0.2) is 18.4 Å². The van der Waals surface area contributed by atoms with Gasteiger partial charge < -0.3 is 15.2 Å². The van der Waals surface area contributed by atoms with Crippen LogP contribution in [0.3, 0.4) is 0 Å². The molecule has 37 heavy (non-hydrogen) atoms. The van der Waals surface area contributed by atoms with Crippen molar-refractivity contribution < 1.29 is 27.9 Å². The highest BCUT2D eigenvalue weighted by Crippen LogP contribution is 2.61. The molecule has 8 nitrogen and oxygen atoms in total. The van der Waals surface area contributed by atoms with E-state index in [4.69, 9.17) is 9.88 Å². The van der Waals surface area contributed by atoms with Crippen LogP contribution < -0.4 is 10.5 Å². The van der Waals surface area contributed by atoms with Gasteiger partial charge in [0.2, 0.25) is 10.0 Å². The highest BCUT2D eigenvalue weighted by molar-refractivity contribution is 7.89. The molecule has 2 aromatic carbocycles. The number of sulfonamides is 1. The summed E-state index contributed by atoms with van der Waals surface area (Å²) in [6.07, 6.45) is 5.68. The lowest BCUT2D eigenvalue weighted by Crippen LogP contribution is -2.47. The molecule has 4 N–H and O–H groups in total. The monoisotopic (exact) mass is 526 g/mol. The molecule has 0 radical (unpaired) electrons. The Bertz CT molecular complexity index is 1320. The van der Waals surface area contributed by atoms with E-state index in [1.54, 1.807) is 13.0 Å². The summed E-state index contributed by atoms with van der Waals surface area (Å²) < 4.78 is 28.9. The van der Waals surface area contributed by atoms with Crippen molar-refractivity contribution in [1.29, 1.82) is 0 Å². The van der Waals surface area contributed by atoms with Gasteiger partial charge in [-0.05, 0) is 111 Å². The van der Waals surface area contributed by atoms with E-state index in [1.165, 1.54) is 35.4 Å². The fourth-order valence-electron chi connectivity index (χ4n) is 7.09. The fraction of sp³-hybridized carbons (Fsp3) is 0.500. The second-order valence-electron chi connectivity index (χ2n) is 11.1. The Kier molecular flexibility index (Phi) is 6.56. The summed E-state index contributed by atoms with van der Waals surface area (Å²) >= 11 is 0. The van der Waals surface area contributed by atoms with Crippen LogP contribution >= 0.6 is 0 Å². The van der Waals surface area contributed by atoms with Gasteiger partial charge in [-0.2, -0.15) is 0 Å². The third-order valence-electron chi connectivity index (χ3n) is 9.03. The number of rotatable bonds is 5. The number of esters is 1. The molecule has 1 amide bonds. The number of aromatic hydroxyl groups is 1. The zero-order valence-corrected chi connectivity index (χ0v) is 22.0. The summed E-state index contributed by atoms with van der Waals surface area (Å²) in [5, 5.41) is 17.7. The molecule has 198 valence electrons. The van der Waals surface area contributed by atoms with E-state index in [1.807, 2.05) is 6.07 Å². The quantitative estimate of drug-likeness (QED) is 0.509. The Morgan fingerprint density at radius 1 is 1.11 bits per heavy atom. The molecule has 6 unspecified atom stereocenters. The molecular formula is C28H34N2O6S. The van der Waals surface area contributed by atoms with Gasteiger partial charge in [0.15, 0.2) is 0 Å². The van der Waals surface area contributed by atoms with E-state index >= 15 is 0 Å². The van der Waals surface area contributed by atoms with Crippen molar-refractivity contribution in [2.45, 2.75) is 75.3 Å². The molecule has 0 heterocycles. The molecule has 9 heteroatoms. The second kappa shape index (κ2) is 9.44. The number of fused-ring (bicyclic) bond motifs is 5. The zero-order chi connectivity index (χ0) is 26.5. The van der Waals surface area contributed by atoms with E-state index in [0.29, 0.717) is 23.5 Å². The molecule has 6 atom stereocenters. The molecule has 0 aromatic heterocycles. The van der Waals surface area contributed by atoms with Crippen LogP contribution in [0.4, 0.5) is 0 Å². The van der Waals surface area contributed by atoms with Crippen LogP contribution in [-0.4, -0.2) is 37.5 Å². The Morgan fingerprint density at radius 2 is 1.84 bits per heavy atom. The number of aryl methyl sites for hydroxylation is 1. The first-order chi connectivity index (χ1) is 17.5. The molecule has 0 spiro atoms. The van der Waals surface area contributed by atoms with Gasteiger partial charge in [0.1, 0.15) is 17.9 Å². The number of primary sulfonamides is 1. The molecule has 2 aromatic rings. The summed E-state index contributed by atoms with van der Waals surface area (Å²) in [4.78, 5) is 25.5. The fourth-order valence-corrected chi connectivity index (χ4v) is 7.61. The summed E-state index contributed by atoms with van der Waals surface area (Å²) in [5.41, 5.74) is 2.75. The Balaban J connectivity index is 1.22. The third kappa shape index (κ3) is 4.75. The van der Waals surface area contributed by atoms with Gasteiger partial charge in [0.25, 0.3) is 5.91 Å². The smallest absolute Gasteiger partial charge is 0.328 e. The topological polar surface area (TPSA) is 136 Å². The van der Waals surface area contributed by atoms with Gasteiger partial charge >= 0.3 is 5.97 Å². The number of carbonyl (C=O) groups is 2. The van der Waals surface area contributed by atoms with E-state index in [0.717, 1.165) is 38.5 Å². The minimum absolute atomic E-state index is 0.0881. The lowest BCUT2D eigenvalue weighted by Gasteiger charge is -2.50. The average Bonchev–Trinajstić information content (AvgIpc) is 3.19. The van der Waals surface area contributed by atoms with E-state index in [-0.39, 0.29) is 22.0 Å². The first-order valence-electron chi connectivity index (χ1n) is 12.9. The van der Waals surface area contributed by atoms with Gasteiger partial charge in [-0.1, -0.05) is 13.0 Å². The third-order valence-corrected chi connectivity index (χ3v) is 9.96. The number of benzene rings is 2. The minimum atomic E-state index is -3.85. The van der Waals surface area contributed by atoms with Crippen molar-refractivity contribution in [1.82, 2.24) is 5.32 Å². The molecule has 0 saturated heterocycles. The number of hydrogen-bond acceptors (Lipinski definition) is 6. The summed E-state index contributed by atoms with van der Waals surface area (Å²) in [7, 11) is -3.85. The van der Waals surface area contributed by atoms with Gasteiger partial charge in [-0.15, -0.1) is 0 Å². The van der Waals surface area contributed by atoms with Crippen LogP contribution in [-0.2, 0) is 26.0 Å². The number of nitrogens with two attached hydrogens (primary N) is 1. The maximum Gasteiger partial charge on any atom is 0.328 e. The molecule has 3 aliphatic rings. The van der Waals surface area contributed by atoms with E-state index in [2.05, 4.69) is 18.3 Å². The number of phenolic OH excluding ortho intramolecular Hbond substituents is 1. The molecule has 2 fully saturated rings. The minimum Gasteiger partial charge on any atom is -0.508 e. The van der Waals surface area contributed by atoms with Gasteiger partial charge in [0, 0.05) is 11.0 Å². The van der Waals surface area contributed by atoms with Crippen molar-refractivity contribution in [3.63, 3.8) is 0 Å². The van der Waals surface area contributed by atoms with Crippen LogP contribution in [0.25, 0.3) is 0 Å². The van der Waals surface area contributed by atoms with Crippen molar-refractivity contribution >= 4 is 21.9 Å². The molecule has 5 rings (SSSR count). The van der Waals surface area contributed by atoms with Crippen LogP contribution in [0.2, 0.25) is 0 Å². The number of amides is 1. The molecule has 2 saturated carbocycles. The summed E-state index contributed by atoms with van der Waals surface area (Å²) in [5.74, 6) is 0.856. The number of carbonyl (C=O) groups excluding carboxylic acids is 2. The Hall–Kier alpha value is -2.91. The predicted octanol–water partition coefficient (Wildman–Crippen LogP) is 3.63. The largest absolute Gasteiger partial charge is 0.508 e. The first kappa shape index (κ1) is 25.7. The molecule has 3 aliphatic carbocycles. The van der Waals surface area contributed by atoms with Gasteiger partial charge in [-0.3, -0.25) is 4.79 Å². The predicted molar refractivity (Wildman–Crippen MR) is 137 cm³/mol. The standard InChI is InChI=1S/C28H34N2O6S/c1-16(30-26(32)17-3-7-20(8-4-17)37(29,34)35)27(33)36-25-12-11-24-23-9-5-18-15-19(31)6-10-21(18)22(23)13-14-28(24,25)2/h3-4,6-8,10,15-16,22-25,31H,5,9,11-14H2,1-2H3,(H,30,32)(H2,29,34,35). The van der Waals surface area contributed by atoms with Crippen molar-refractivity contribution in [2.75, 3.05) is 0 Å². The van der Waals surface area contributed by atoms with Crippen molar-refractivity contribution in [2.24, 2.45) is 22.4 Å². The molecule has 0 bridgehead atoms. The maximum absolute atomic E-state index is 13.0. The number of nitrogens with one attached hydrogen (secondary N) is 1. The van der Waals surface area contributed by atoms with Crippen LogP contribution in [0.5, 0.6) is 5.75 Å². The zero-order valence-electron chi connectivity index (χ0n) is 21.1. The summed E-state index contributed by atoms with van der Waals surface area (Å²) in [6.45, 7) is 3.85. The second-order valence-corrected chi connectivity index (χ2v) is 12.7. The molecular weight excluding hydrogens is 492 g/mol. The van der Waals surface area contributed by atoms with Crippen molar-refractivity contribution in [3.8, 4) is 5.75 Å². The van der Waals surface area contributed by atoms with Crippen molar-refractivity contribution in [3.05, 3.63) is 59.2 Å². The highest BCUT2D eigenvalue weighted by atomic mass is 32.2. The summed E-state index contributed by atoms with van der Waals surface area (Å²) in [6, 6.07) is 10.2.